The summed E-state index contributed by atoms with van der Waals surface area (Å²) < 4.78 is 1.71. The third-order valence-electron chi connectivity index (χ3n) is 3.16. The zero-order valence-electron chi connectivity index (χ0n) is 10.8. The molecule has 0 amide bonds. The maximum Gasteiger partial charge on any atom is 0.255 e. The Morgan fingerprint density at radius 3 is 2.67 bits per heavy atom. The normalized spacial score (nSPS) is 10.6. The molecule has 1 aromatic carbocycles. The van der Waals surface area contributed by atoms with Crippen LogP contribution < -0.4 is 11.3 Å². The highest BCUT2D eigenvalue weighted by molar-refractivity contribution is 5.30. The van der Waals surface area contributed by atoms with Gasteiger partial charge in [0.05, 0.1) is 6.54 Å². The van der Waals surface area contributed by atoms with Gasteiger partial charge in [-0.1, -0.05) is 29.8 Å². The number of rotatable bonds is 3. The quantitative estimate of drug-likeness (QED) is 0.894. The molecule has 2 aromatic rings. The summed E-state index contributed by atoms with van der Waals surface area (Å²) in [5.41, 5.74) is 9.79. The van der Waals surface area contributed by atoms with E-state index in [1.165, 1.54) is 16.7 Å². The summed E-state index contributed by atoms with van der Waals surface area (Å²) in [5.74, 6) is 0. The van der Waals surface area contributed by atoms with Crippen LogP contribution in [-0.2, 0) is 13.1 Å². The lowest BCUT2D eigenvalue weighted by molar-refractivity contribution is 0.740. The predicted octanol–water partition coefficient (Wildman–Crippen LogP) is 1.97. The molecule has 1 heterocycles. The van der Waals surface area contributed by atoms with Crippen LogP contribution in [0.4, 0.5) is 0 Å². The van der Waals surface area contributed by atoms with Gasteiger partial charge in [0.25, 0.3) is 5.56 Å². The van der Waals surface area contributed by atoms with Crippen LogP contribution in [0.1, 0.15) is 22.3 Å². The molecule has 0 spiro atoms. The molecule has 0 unspecified atom stereocenters. The highest BCUT2D eigenvalue weighted by Crippen LogP contribution is 2.11. The molecule has 2 rings (SSSR count). The third-order valence-corrected chi connectivity index (χ3v) is 3.16. The Kier molecular flexibility index (Phi) is 3.63. The molecule has 3 heteroatoms. The lowest BCUT2D eigenvalue weighted by Crippen LogP contribution is -2.25. The number of pyridine rings is 1. The van der Waals surface area contributed by atoms with E-state index in [0.29, 0.717) is 12.1 Å². The average Bonchev–Trinajstić information content (AvgIpc) is 2.36. The van der Waals surface area contributed by atoms with Crippen LogP contribution in [0.2, 0.25) is 0 Å². The first kappa shape index (κ1) is 12.6. The van der Waals surface area contributed by atoms with Crippen LogP contribution in [-0.4, -0.2) is 4.57 Å². The molecule has 0 radical (unpaired) electrons. The van der Waals surface area contributed by atoms with Crippen molar-refractivity contribution in [1.82, 2.24) is 4.57 Å². The van der Waals surface area contributed by atoms with Gasteiger partial charge in [0.1, 0.15) is 0 Å². The summed E-state index contributed by atoms with van der Waals surface area (Å²) in [6, 6.07) is 9.94. The van der Waals surface area contributed by atoms with Crippen molar-refractivity contribution in [1.29, 1.82) is 0 Å². The first-order valence-electron chi connectivity index (χ1n) is 6.06. The van der Waals surface area contributed by atoms with Crippen LogP contribution in [0, 0.1) is 13.8 Å². The molecule has 0 atom stereocenters. The summed E-state index contributed by atoms with van der Waals surface area (Å²) in [4.78, 5) is 12.1. The SMILES string of the molecule is Cc1ccc(C)c(Cn2cccc(CN)c2=O)c1. The maximum atomic E-state index is 12.1. The van der Waals surface area contributed by atoms with E-state index in [1.54, 1.807) is 10.6 Å². The number of aryl methyl sites for hydroxylation is 2. The smallest absolute Gasteiger partial charge is 0.255 e. The Balaban J connectivity index is 2.40. The summed E-state index contributed by atoms with van der Waals surface area (Å²) >= 11 is 0. The van der Waals surface area contributed by atoms with Crippen molar-refractivity contribution < 1.29 is 0 Å². The molecule has 0 bridgehead atoms. The second kappa shape index (κ2) is 5.19. The number of benzene rings is 1. The molecular formula is C15H18N2O. The van der Waals surface area contributed by atoms with E-state index in [4.69, 9.17) is 5.73 Å². The van der Waals surface area contributed by atoms with Gasteiger partial charge in [-0.25, -0.2) is 0 Å². The first-order chi connectivity index (χ1) is 8.61. The van der Waals surface area contributed by atoms with Crippen LogP contribution >= 0.6 is 0 Å². The Morgan fingerprint density at radius 2 is 1.94 bits per heavy atom. The van der Waals surface area contributed by atoms with Crippen molar-refractivity contribution in [3.05, 3.63) is 69.1 Å². The van der Waals surface area contributed by atoms with Gasteiger partial charge in [-0.15, -0.1) is 0 Å². The van der Waals surface area contributed by atoms with Crippen molar-refractivity contribution in [2.75, 3.05) is 0 Å². The van der Waals surface area contributed by atoms with Crippen molar-refractivity contribution >= 4 is 0 Å². The molecule has 0 aliphatic heterocycles. The minimum absolute atomic E-state index is 0.000839. The summed E-state index contributed by atoms with van der Waals surface area (Å²) in [7, 11) is 0. The average molecular weight is 242 g/mol. The molecule has 18 heavy (non-hydrogen) atoms. The highest BCUT2D eigenvalue weighted by Gasteiger charge is 2.04. The van der Waals surface area contributed by atoms with E-state index in [-0.39, 0.29) is 12.1 Å². The van der Waals surface area contributed by atoms with E-state index in [0.717, 1.165) is 0 Å². The summed E-state index contributed by atoms with van der Waals surface area (Å²) in [6.07, 6.45) is 1.81. The number of hydrogen-bond donors (Lipinski definition) is 1. The number of hydrogen-bond acceptors (Lipinski definition) is 2. The molecule has 0 aliphatic carbocycles. The number of nitrogens with two attached hydrogens (primary N) is 1. The van der Waals surface area contributed by atoms with Crippen LogP contribution in [0.3, 0.4) is 0 Å². The first-order valence-corrected chi connectivity index (χ1v) is 6.06. The van der Waals surface area contributed by atoms with E-state index in [2.05, 4.69) is 32.0 Å². The standard InChI is InChI=1S/C15H18N2O/c1-11-5-6-12(2)14(8-11)10-17-7-3-4-13(9-16)15(17)18/h3-8H,9-10,16H2,1-2H3. The molecule has 0 aliphatic rings. The van der Waals surface area contributed by atoms with E-state index < -0.39 is 0 Å². The second-order valence-corrected chi connectivity index (χ2v) is 4.60. The Bertz CT molecular complexity index is 614. The Morgan fingerprint density at radius 1 is 1.17 bits per heavy atom. The second-order valence-electron chi connectivity index (χ2n) is 4.60. The zero-order chi connectivity index (χ0) is 13.1. The Hall–Kier alpha value is -1.87. The number of aromatic nitrogens is 1. The fourth-order valence-corrected chi connectivity index (χ4v) is 2.02. The fraction of sp³-hybridized carbons (Fsp3) is 0.267. The zero-order valence-corrected chi connectivity index (χ0v) is 10.8. The topological polar surface area (TPSA) is 48.0 Å². The Labute approximate surface area is 107 Å². The van der Waals surface area contributed by atoms with Crippen molar-refractivity contribution in [3.8, 4) is 0 Å². The molecule has 94 valence electrons. The van der Waals surface area contributed by atoms with Gasteiger partial charge in [0.2, 0.25) is 0 Å². The minimum Gasteiger partial charge on any atom is -0.326 e. The van der Waals surface area contributed by atoms with Crippen LogP contribution in [0.15, 0.2) is 41.3 Å². The lowest BCUT2D eigenvalue weighted by atomic mass is 10.1. The number of nitrogens with zero attached hydrogens (tertiary/aromatic N) is 1. The van der Waals surface area contributed by atoms with Crippen molar-refractivity contribution in [2.24, 2.45) is 5.73 Å². The molecule has 0 fully saturated rings. The molecule has 0 saturated heterocycles. The lowest BCUT2D eigenvalue weighted by Gasteiger charge is -2.10. The van der Waals surface area contributed by atoms with Crippen molar-refractivity contribution in [3.63, 3.8) is 0 Å². The van der Waals surface area contributed by atoms with E-state index >= 15 is 0 Å². The monoisotopic (exact) mass is 242 g/mol. The fourth-order valence-electron chi connectivity index (χ4n) is 2.02. The van der Waals surface area contributed by atoms with Gasteiger partial charge >= 0.3 is 0 Å². The molecular weight excluding hydrogens is 224 g/mol. The molecule has 1 aromatic heterocycles. The molecule has 3 nitrogen and oxygen atoms in total. The van der Waals surface area contributed by atoms with Gasteiger partial charge in [0, 0.05) is 18.3 Å². The largest absolute Gasteiger partial charge is 0.326 e. The van der Waals surface area contributed by atoms with Gasteiger partial charge < -0.3 is 10.3 Å². The predicted molar refractivity (Wildman–Crippen MR) is 73.6 cm³/mol. The van der Waals surface area contributed by atoms with Crippen LogP contribution in [0.25, 0.3) is 0 Å². The molecule has 2 N–H and O–H groups in total. The maximum absolute atomic E-state index is 12.1. The van der Waals surface area contributed by atoms with Gasteiger partial charge in [0.15, 0.2) is 0 Å². The van der Waals surface area contributed by atoms with Crippen LogP contribution in [0.5, 0.6) is 0 Å². The third kappa shape index (κ3) is 2.51. The highest BCUT2D eigenvalue weighted by atomic mass is 16.1. The van der Waals surface area contributed by atoms with E-state index in [1.807, 2.05) is 12.3 Å². The summed E-state index contributed by atoms with van der Waals surface area (Å²) in [6.45, 7) is 5.00. The van der Waals surface area contributed by atoms with Gasteiger partial charge in [-0.3, -0.25) is 4.79 Å². The van der Waals surface area contributed by atoms with Gasteiger partial charge in [-0.05, 0) is 31.0 Å². The summed E-state index contributed by atoms with van der Waals surface area (Å²) in [5, 5.41) is 0. The van der Waals surface area contributed by atoms with Crippen molar-refractivity contribution in [2.45, 2.75) is 26.9 Å². The van der Waals surface area contributed by atoms with E-state index in [9.17, 15) is 4.79 Å². The van der Waals surface area contributed by atoms with Gasteiger partial charge in [-0.2, -0.15) is 0 Å². The molecule has 0 saturated carbocycles. The minimum atomic E-state index is 0.000839.